The highest BCUT2D eigenvalue weighted by atomic mass is 19.1. The number of benzene rings is 3. The molecule has 0 fully saturated rings. The summed E-state index contributed by atoms with van der Waals surface area (Å²) < 4.78 is 36.1. The number of nitrogens with zero attached hydrogens (tertiary/aromatic N) is 3. The third kappa shape index (κ3) is 6.23. The summed E-state index contributed by atoms with van der Waals surface area (Å²) in [7, 11) is 6.14. The molecule has 210 valence electrons. The SMILES string of the molecule is COCCN(CC(=O)N1N=C(c2ccccc2F)CC1c1cc(OC)ccc1OC)C(=O)c1ccc(OC)cc1. The molecule has 0 spiro atoms. The fourth-order valence-corrected chi connectivity index (χ4v) is 4.55. The molecule has 0 saturated carbocycles. The first-order valence-corrected chi connectivity index (χ1v) is 12.7. The first-order valence-electron chi connectivity index (χ1n) is 12.7. The highest BCUT2D eigenvalue weighted by Crippen LogP contribution is 2.39. The van der Waals surface area contributed by atoms with Crippen LogP contribution in [0.1, 0.15) is 33.9 Å². The highest BCUT2D eigenvalue weighted by molar-refractivity contribution is 6.04. The molecule has 3 aromatic carbocycles. The van der Waals surface area contributed by atoms with Crippen LogP contribution in [0.25, 0.3) is 0 Å². The maximum atomic E-state index is 14.8. The number of carbonyl (C=O) groups excluding carboxylic acids is 2. The minimum atomic E-state index is -0.618. The first-order chi connectivity index (χ1) is 19.4. The molecule has 0 N–H and O–H groups in total. The largest absolute Gasteiger partial charge is 0.497 e. The summed E-state index contributed by atoms with van der Waals surface area (Å²) in [5.41, 5.74) is 1.75. The van der Waals surface area contributed by atoms with Gasteiger partial charge in [-0.05, 0) is 48.5 Å². The Morgan fingerprint density at radius 3 is 2.30 bits per heavy atom. The van der Waals surface area contributed by atoms with Gasteiger partial charge >= 0.3 is 0 Å². The second-order valence-electron chi connectivity index (χ2n) is 9.04. The third-order valence-electron chi connectivity index (χ3n) is 6.66. The van der Waals surface area contributed by atoms with Crippen LogP contribution in [0.3, 0.4) is 0 Å². The van der Waals surface area contributed by atoms with Crippen LogP contribution in [-0.2, 0) is 9.53 Å². The minimum absolute atomic E-state index is 0.179. The molecule has 4 rings (SSSR count). The second-order valence-corrected chi connectivity index (χ2v) is 9.04. The predicted octanol–water partition coefficient (Wildman–Crippen LogP) is 4.32. The van der Waals surface area contributed by atoms with E-state index in [4.69, 9.17) is 18.9 Å². The lowest BCUT2D eigenvalue weighted by atomic mass is 9.97. The van der Waals surface area contributed by atoms with Crippen LogP contribution >= 0.6 is 0 Å². The molecule has 1 unspecified atom stereocenters. The molecule has 0 saturated heterocycles. The van der Waals surface area contributed by atoms with E-state index in [1.165, 1.54) is 30.2 Å². The minimum Gasteiger partial charge on any atom is -0.497 e. The second kappa shape index (κ2) is 13.1. The van der Waals surface area contributed by atoms with Crippen LogP contribution in [0.15, 0.2) is 71.8 Å². The van der Waals surface area contributed by atoms with E-state index in [2.05, 4.69) is 5.10 Å². The molecule has 3 aromatic rings. The van der Waals surface area contributed by atoms with Gasteiger partial charge in [0.2, 0.25) is 0 Å². The van der Waals surface area contributed by atoms with Crippen molar-refractivity contribution in [1.29, 1.82) is 0 Å². The zero-order chi connectivity index (χ0) is 28.6. The van der Waals surface area contributed by atoms with Gasteiger partial charge in [-0.25, -0.2) is 9.40 Å². The molecule has 1 heterocycles. The van der Waals surface area contributed by atoms with Crippen LogP contribution in [0, 0.1) is 5.82 Å². The van der Waals surface area contributed by atoms with Gasteiger partial charge in [0.05, 0.1) is 39.7 Å². The van der Waals surface area contributed by atoms with Gasteiger partial charge in [0.15, 0.2) is 0 Å². The smallest absolute Gasteiger partial charge is 0.262 e. The van der Waals surface area contributed by atoms with Crippen molar-refractivity contribution in [3.05, 3.63) is 89.2 Å². The molecule has 1 atom stereocenters. The molecule has 0 radical (unpaired) electrons. The zero-order valence-electron chi connectivity index (χ0n) is 22.9. The van der Waals surface area contributed by atoms with Gasteiger partial charge in [-0.1, -0.05) is 18.2 Å². The van der Waals surface area contributed by atoms with Crippen molar-refractivity contribution in [3.63, 3.8) is 0 Å². The number of halogens is 1. The number of amides is 2. The molecule has 2 amide bonds. The van der Waals surface area contributed by atoms with Crippen molar-refractivity contribution < 1.29 is 32.9 Å². The topological polar surface area (TPSA) is 89.9 Å². The Morgan fingerprint density at radius 2 is 1.65 bits per heavy atom. The van der Waals surface area contributed by atoms with E-state index in [0.717, 1.165) is 0 Å². The Hall–Kier alpha value is -4.44. The Morgan fingerprint density at radius 1 is 0.950 bits per heavy atom. The van der Waals surface area contributed by atoms with Gasteiger partial charge in [0.1, 0.15) is 29.6 Å². The average molecular weight is 550 g/mol. The van der Waals surface area contributed by atoms with Gasteiger partial charge in [-0.2, -0.15) is 5.10 Å². The first kappa shape index (κ1) is 28.6. The Bertz CT molecular complexity index is 1380. The van der Waals surface area contributed by atoms with Crippen molar-refractivity contribution in [2.45, 2.75) is 12.5 Å². The maximum absolute atomic E-state index is 14.8. The standard InChI is InChI=1S/C30H32FN3O6/c1-37-16-15-33(30(36)20-9-11-21(38-2)12-10-20)19-29(35)34-27(24-17-22(39-3)13-14-28(24)40-4)18-26(32-34)23-7-5-6-8-25(23)31/h5-14,17,27H,15-16,18-19H2,1-4H3. The Kier molecular flexibility index (Phi) is 9.34. The fraction of sp³-hybridized carbons (Fsp3) is 0.300. The van der Waals surface area contributed by atoms with Gasteiger partial charge in [0, 0.05) is 36.8 Å². The van der Waals surface area contributed by atoms with Crippen molar-refractivity contribution in [3.8, 4) is 17.2 Å². The summed E-state index contributed by atoms with van der Waals surface area (Å²) in [6, 6.07) is 17.6. The van der Waals surface area contributed by atoms with Crippen molar-refractivity contribution in [2.24, 2.45) is 5.10 Å². The number of hydrogen-bond donors (Lipinski definition) is 0. The highest BCUT2D eigenvalue weighted by Gasteiger charge is 2.37. The van der Waals surface area contributed by atoms with E-state index >= 15 is 0 Å². The number of ether oxygens (including phenoxy) is 4. The Labute approximate surface area is 232 Å². The summed E-state index contributed by atoms with van der Waals surface area (Å²) in [4.78, 5) is 28.7. The summed E-state index contributed by atoms with van der Waals surface area (Å²) >= 11 is 0. The van der Waals surface area contributed by atoms with Gasteiger partial charge < -0.3 is 23.8 Å². The average Bonchev–Trinajstić information content (AvgIpc) is 3.44. The molecule has 10 heteroatoms. The van der Waals surface area contributed by atoms with E-state index in [1.54, 1.807) is 74.9 Å². The molecule has 1 aliphatic rings. The lowest BCUT2D eigenvalue weighted by Crippen LogP contribution is -2.42. The van der Waals surface area contributed by atoms with Crippen LogP contribution in [0.2, 0.25) is 0 Å². The number of rotatable bonds is 11. The molecule has 0 bridgehead atoms. The Balaban J connectivity index is 1.69. The van der Waals surface area contributed by atoms with Gasteiger partial charge in [-0.3, -0.25) is 9.59 Å². The summed E-state index contributed by atoms with van der Waals surface area (Å²) in [5, 5.41) is 5.88. The summed E-state index contributed by atoms with van der Waals surface area (Å²) in [6.45, 7) is 0.134. The van der Waals surface area contributed by atoms with Gasteiger partial charge in [0.25, 0.3) is 11.8 Å². The van der Waals surface area contributed by atoms with Crippen molar-refractivity contribution in [2.75, 3.05) is 48.1 Å². The molecular weight excluding hydrogens is 517 g/mol. The van der Waals surface area contributed by atoms with E-state index in [0.29, 0.717) is 39.7 Å². The van der Waals surface area contributed by atoms with E-state index < -0.39 is 17.8 Å². The van der Waals surface area contributed by atoms with E-state index in [-0.39, 0.29) is 32.0 Å². The van der Waals surface area contributed by atoms with Crippen LogP contribution in [-0.4, -0.2) is 75.6 Å². The lowest BCUT2D eigenvalue weighted by Gasteiger charge is -2.28. The normalized spacial score (nSPS) is 14.5. The molecule has 0 aromatic heterocycles. The third-order valence-corrected chi connectivity index (χ3v) is 6.66. The lowest BCUT2D eigenvalue weighted by molar-refractivity contribution is -0.133. The van der Waals surface area contributed by atoms with Gasteiger partial charge in [-0.15, -0.1) is 0 Å². The summed E-state index contributed by atoms with van der Waals surface area (Å²) in [5.74, 6) is 0.472. The monoisotopic (exact) mass is 549 g/mol. The number of carbonyl (C=O) groups is 2. The number of hydrogen-bond acceptors (Lipinski definition) is 7. The number of hydrazone groups is 1. The predicted molar refractivity (Wildman–Crippen MR) is 147 cm³/mol. The molecule has 0 aliphatic carbocycles. The zero-order valence-corrected chi connectivity index (χ0v) is 22.9. The van der Waals surface area contributed by atoms with Crippen molar-refractivity contribution >= 4 is 17.5 Å². The van der Waals surface area contributed by atoms with Crippen LogP contribution < -0.4 is 14.2 Å². The van der Waals surface area contributed by atoms with Crippen LogP contribution in [0.4, 0.5) is 4.39 Å². The molecule has 1 aliphatic heterocycles. The van der Waals surface area contributed by atoms with Crippen molar-refractivity contribution in [1.82, 2.24) is 9.91 Å². The fourth-order valence-electron chi connectivity index (χ4n) is 4.55. The molecular formula is C30H32FN3O6. The van der Waals surface area contributed by atoms with Crippen LogP contribution in [0.5, 0.6) is 17.2 Å². The quantitative estimate of drug-likeness (QED) is 0.354. The van der Waals surface area contributed by atoms with E-state index in [9.17, 15) is 14.0 Å². The molecule has 40 heavy (non-hydrogen) atoms. The molecule has 9 nitrogen and oxygen atoms in total. The van der Waals surface area contributed by atoms with E-state index in [1.807, 2.05) is 0 Å². The summed E-state index contributed by atoms with van der Waals surface area (Å²) in [6.07, 6.45) is 0.237. The maximum Gasteiger partial charge on any atom is 0.262 e. The number of methoxy groups -OCH3 is 4.